The average molecular weight is 342 g/mol. The topological polar surface area (TPSA) is 46.9 Å². The molecule has 4 nitrogen and oxygen atoms in total. The van der Waals surface area contributed by atoms with E-state index in [0.29, 0.717) is 12.3 Å². The third-order valence-electron chi connectivity index (χ3n) is 2.62. The van der Waals surface area contributed by atoms with Gasteiger partial charge in [-0.3, -0.25) is 4.79 Å². The van der Waals surface area contributed by atoms with Crippen LogP contribution in [0, 0.1) is 0 Å². The van der Waals surface area contributed by atoms with Crippen molar-refractivity contribution in [2.45, 2.75) is 10.1 Å². The van der Waals surface area contributed by atoms with Crippen molar-refractivity contribution in [1.29, 1.82) is 0 Å². The highest BCUT2D eigenvalue weighted by Gasteiger charge is 2.05. The zero-order valence-electron chi connectivity index (χ0n) is 11.6. The van der Waals surface area contributed by atoms with Crippen LogP contribution >= 0.6 is 35.1 Å². The predicted octanol–water partition coefficient (Wildman–Crippen LogP) is 3.07. The lowest BCUT2D eigenvalue weighted by atomic mass is 10.4. The molecule has 112 valence electrons. The summed E-state index contributed by atoms with van der Waals surface area (Å²) in [5.41, 5.74) is 0. The van der Waals surface area contributed by atoms with Crippen LogP contribution in [0.1, 0.15) is 0 Å². The van der Waals surface area contributed by atoms with Gasteiger partial charge in [0.2, 0.25) is 5.91 Å². The number of aryl methyl sites for hydroxylation is 1. The highest BCUT2D eigenvalue weighted by atomic mass is 35.5. The SMILES string of the molecule is Cn1ccnc1SCC(=O)NCCSc1ccc(Cl)cc1. The maximum atomic E-state index is 11.7. The lowest BCUT2D eigenvalue weighted by molar-refractivity contribution is -0.118. The molecule has 0 aliphatic carbocycles. The minimum Gasteiger partial charge on any atom is -0.355 e. The van der Waals surface area contributed by atoms with Crippen LogP contribution < -0.4 is 5.32 Å². The molecule has 7 heteroatoms. The van der Waals surface area contributed by atoms with Crippen LogP contribution in [0.3, 0.4) is 0 Å². The van der Waals surface area contributed by atoms with Gasteiger partial charge in [0.25, 0.3) is 0 Å². The number of hydrogen-bond acceptors (Lipinski definition) is 4. The minimum atomic E-state index is 0.0275. The molecule has 0 saturated heterocycles. The monoisotopic (exact) mass is 341 g/mol. The number of amides is 1. The molecule has 0 saturated carbocycles. The van der Waals surface area contributed by atoms with Gasteiger partial charge in [0.1, 0.15) is 0 Å². The van der Waals surface area contributed by atoms with Gasteiger partial charge in [-0.1, -0.05) is 23.4 Å². The second kappa shape index (κ2) is 8.36. The molecule has 1 heterocycles. The van der Waals surface area contributed by atoms with E-state index in [0.717, 1.165) is 20.8 Å². The van der Waals surface area contributed by atoms with Crippen LogP contribution in [-0.4, -0.2) is 33.5 Å². The van der Waals surface area contributed by atoms with Crippen LogP contribution in [0.4, 0.5) is 0 Å². The van der Waals surface area contributed by atoms with Crippen molar-refractivity contribution in [2.75, 3.05) is 18.1 Å². The summed E-state index contributed by atoms with van der Waals surface area (Å²) in [6, 6.07) is 7.69. The maximum absolute atomic E-state index is 11.7. The van der Waals surface area contributed by atoms with E-state index in [1.807, 2.05) is 42.1 Å². The highest BCUT2D eigenvalue weighted by Crippen LogP contribution is 2.19. The van der Waals surface area contributed by atoms with Crippen molar-refractivity contribution >= 4 is 41.0 Å². The third-order valence-corrected chi connectivity index (χ3v) is 4.94. The van der Waals surface area contributed by atoms with Crippen molar-refractivity contribution in [3.05, 3.63) is 41.7 Å². The summed E-state index contributed by atoms with van der Waals surface area (Å²) in [4.78, 5) is 17.0. The molecule has 21 heavy (non-hydrogen) atoms. The number of carbonyl (C=O) groups is 1. The number of imidazole rings is 1. The summed E-state index contributed by atoms with van der Waals surface area (Å²) in [7, 11) is 1.91. The average Bonchev–Trinajstić information content (AvgIpc) is 2.89. The second-order valence-corrected chi connectivity index (χ2v) is 6.81. The van der Waals surface area contributed by atoms with Crippen LogP contribution in [0.15, 0.2) is 46.7 Å². The number of thioether (sulfide) groups is 2. The Morgan fingerprint density at radius 1 is 1.33 bits per heavy atom. The van der Waals surface area contributed by atoms with Crippen molar-refractivity contribution in [2.24, 2.45) is 7.05 Å². The van der Waals surface area contributed by atoms with Crippen molar-refractivity contribution < 1.29 is 4.79 Å². The van der Waals surface area contributed by atoms with Gasteiger partial charge in [-0.15, -0.1) is 11.8 Å². The first kappa shape index (κ1) is 16.3. The molecule has 2 rings (SSSR count). The molecule has 0 unspecified atom stereocenters. The summed E-state index contributed by atoms with van der Waals surface area (Å²) in [5.74, 6) is 1.25. The number of carbonyl (C=O) groups excluding carboxylic acids is 1. The second-order valence-electron chi connectivity index (χ2n) is 4.26. The first-order valence-corrected chi connectivity index (χ1v) is 8.75. The van der Waals surface area contributed by atoms with Gasteiger partial charge in [0, 0.05) is 41.7 Å². The molecule has 0 spiro atoms. The summed E-state index contributed by atoms with van der Waals surface area (Å²) in [6.45, 7) is 0.646. The number of nitrogens with zero attached hydrogens (tertiary/aromatic N) is 2. The van der Waals surface area contributed by atoms with E-state index in [-0.39, 0.29) is 5.91 Å². The van der Waals surface area contributed by atoms with E-state index < -0.39 is 0 Å². The van der Waals surface area contributed by atoms with Gasteiger partial charge >= 0.3 is 0 Å². The van der Waals surface area contributed by atoms with Gasteiger partial charge in [-0.05, 0) is 24.3 Å². The van der Waals surface area contributed by atoms with Crippen LogP contribution in [0.5, 0.6) is 0 Å². The van der Waals surface area contributed by atoms with Crippen molar-refractivity contribution in [1.82, 2.24) is 14.9 Å². The fraction of sp³-hybridized carbons (Fsp3) is 0.286. The molecule has 2 aromatic rings. The van der Waals surface area contributed by atoms with Crippen LogP contribution in [0.25, 0.3) is 0 Å². The number of hydrogen-bond donors (Lipinski definition) is 1. The van der Waals surface area contributed by atoms with Crippen molar-refractivity contribution in [3.63, 3.8) is 0 Å². The van der Waals surface area contributed by atoms with Crippen LogP contribution in [0.2, 0.25) is 5.02 Å². The Hall–Kier alpha value is -1.11. The third kappa shape index (κ3) is 5.65. The largest absolute Gasteiger partial charge is 0.355 e. The summed E-state index contributed by atoms with van der Waals surface area (Å²) in [6.07, 6.45) is 3.59. The minimum absolute atomic E-state index is 0.0275. The molecule has 0 bridgehead atoms. The zero-order valence-corrected chi connectivity index (χ0v) is 14.0. The standard InChI is InChI=1S/C14H16ClN3OS2/c1-18-8-6-17-14(18)21-10-13(19)16-7-9-20-12-4-2-11(15)3-5-12/h2-6,8H,7,9-10H2,1H3,(H,16,19). The molecule has 0 fully saturated rings. The number of benzene rings is 1. The van der Waals surface area contributed by atoms with E-state index in [4.69, 9.17) is 11.6 Å². The quantitative estimate of drug-likeness (QED) is 0.621. The van der Waals surface area contributed by atoms with Gasteiger partial charge in [-0.2, -0.15) is 0 Å². The molecular weight excluding hydrogens is 326 g/mol. The summed E-state index contributed by atoms with van der Waals surface area (Å²) >= 11 is 8.96. The lowest BCUT2D eigenvalue weighted by Crippen LogP contribution is -2.27. The maximum Gasteiger partial charge on any atom is 0.230 e. The van der Waals surface area contributed by atoms with Gasteiger partial charge in [0.05, 0.1) is 5.75 Å². The van der Waals surface area contributed by atoms with Crippen molar-refractivity contribution in [3.8, 4) is 0 Å². The molecule has 0 aliphatic heterocycles. The summed E-state index contributed by atoms with van der Waals surface area (Å²) < 4.78 is 1.90. The first-order valence-electron chi connectivity index (χ1n) is 6.40. The Balaban J connectivity index is 1.61. The van der Waals surface area contributed by atoms with E-state index in [1.165, 1.54) is 11.8 Å². The predicted molar refractivity (Wildman–Crippen MR) is 89.1 cm³/mol. The zero-order chi connectivity index (χ0) is 15.1. The fourth-order valence-corrected chi connectivity index (χ4v) is 3.22. The Kier molecular flexibility index (Phi) is 6.48. The Labute approximate surface area is 137 Å². The van der Waals surface area contributed by atoms with Gasteiger partial charge in [0.15, 0.2) is 5.16 Å². The van der Waals surface area contributed by atoms with E-state index >= 15 is 0 Å². The van der Waals surface area contributed by atoms with Gasteiger partial charge < -0.3 is 9.88 Å². The Morgan fingerprint density at radius 3 is 2.76 bits per heavy atom. The Bertz CT molecular complexity index is 586. The highest BCUT2D eigenvalue weighted by molar-refractivity contribution is 7.99. The normalized spacial score (nSPS) is 10.6. The molecule has 0 atom stereocenters. The molecule has 1 N–H and O–H groups in total. The molecule has 0 radical (unpaired) electrons. The number of rotatable bonds is 7. The first-order chi connectivity index (χ1) is 10.1. The van der Waals surface area contributed by atoms with Gasteiger partial charge in [-0.25, -0.2) is 4.98 Å². The van der Waals surface area contributed by atoms with E-state index in [9.17, 15) is 4.79 Å². The summed E-state index contributed by atoms with van der Waals surface area (Å²) in [5, 5.41) is 4.49. The smallest absolute Gasteiger partial charge is 0.230 e. The van der Waals surface area contributed by atoms with E-state index in [1.54, 1.807) is 18.0 Å². The molecule has 1 amide bonds. The van der Waals surface area contributed by atoms with E-state index in [2.05, 4.69) is 10.3 Å². The molecule has 1 aromatic heterocycles. The van der Waals surface area contributed by atoms with Crippen LogP contribution in [-0.2, 0) is 11.8 Å². The lowest BCUT2D eigenvalue weighted by Gasteiger charge is -2.05. The fourth-order valence-electron chi connectivity index (χ4n) is 1.56. The number of halogens is 1. The molecule has 0 aliphatic rings. The molecular formula is C14H16ClN3OS2. The number of aromatic nitrogens is 2. The number of nitrogens with one attached hydrogen (secondary N) is 1. The Morgan fingerprint density at radius 2 is 2.10 bits per heavy atom. The molecule has 1 aromatic carbocycles.